The Kier molecular flexibility index (Phi) is 4.58. The van der Waals surface area contributed by atoms with Gasteiger partial charge in [-0.2, -0.15) is 13.2 Å². The molecule has 3 aliphatic rings. The van der Waals surface area contributed by atoms with Crippen LogP contribution in [0.25, 0.3) is 10.6 Å². The number of hydrogen-bond acceptors (Lipinski definition) is 7. The van der Waals surface area contributed by atoms with Crippen molar-refractivity contribution in [1.29, 1.82) is 0 Å². The molecule has 0 aliphatic carbocycles. The van der Waals surface area contributed by atoms with E-state index >= 15 is 0 Å². The third kappa shape index (κ3) is 3.05. The van der Waals surface area contributed by atoms with Crippen LogP contribution in [0.3, 0.4) is 0 Å². The SMILES string of the molecule is CC(=O)OC1CC2(C)OC1(C)[C@@H]1C(=O)N(c3ccc(-c4nccs4)c(C(F)(F)F)c3)C(=O)C12. The number of alkyl halides is 3. The molecule has 3 fully saturated rings. The minimum absolute atomic E-state index is 0.127. The van der Waals surface area contributed by atoms with Gasteiger partial charge in [-0.15, -0.1) is 11.3 Å². The standard InChI is InChI=1S/C22H19F3N2O5S/c1-10(28)31-14-9-20(2)15-16(21(14,3)32-20)19(30)27(18(15)29)11-4-5-12(17-26-6-7-33-17)13(8-11)22(23,24)25/h4-8,14-16H,9H2,1-3H3/t14?,15?,16-,20?,21?/m0/s1. The summed E-state index contributed by atoms with van der Waals surface area (Å²) in [5.74, 6) is -3.68. The molecule has 2 amide bonds. The number of thiazole rings is 1. The molecular weight excluding hydrogens is 461 g/mol. The van der Waals surface area contributed by atoms with Gasteiger partial charge in [0.1, 0.15) is 16.7 Å². The number of carbonyl (C=O) groups is 3. The van der Waals surface area contributed by atoms with Gasteiger partial charge in [0.15, 0.2) is 0 Å². The Morgan fingerprint density at radius 3 is 2.55 bits per heavy atom. The van der Waals surface area contributed by atoms with Crippen molar-refractivity contribution in [3.05, 3.63) is 35.3 Å². The summed E-state index contributed by atoms with van der Waals surface area (Å²) in [6.45, 7) is 4.52. The highest BCUT2D eigenvalue weighted by molar-refractivity contribution is 7.13. The van der Waals surface area contributed by atoms with Gasteiger partial charge >= 0.3 is 12.1 Å². The molecule has 174 valence electrons. The average molecular weight is 480 g/mol. The van der Waals surface area contributed by atoms with E-state index in [1.165, 1.54) is 25.3 Å². The van der Waals surface area contributed by atoms with Gasteiger partial charge in [-0.1, -0.05) is 0 Å². The Morgan fingerprint density at radius 2 is 1.94 bits per heavy atom. The molecule has 0 spiro atoms. The maximum Gasteiger partial charge on any atom is 0.417 e. The van der Waals surface area contributed by atoms with Crippen LogP contribution in [0.1, 0.15) is 32.8 Å². The number of fused-ring (bicyclic) bond motifs is 5. The third-order valence-corrected chi connectivity index (χ3v) is 7.61. The van der Waals surface area contributed by atoms with Crippen LogP contribution in [0.5, 0.6) is 0 Å². The molecule has 0 N–H and O–H groups in total. The van der Waals surface area contributed by atoms with E-state index in [-0.39, 0.29) is 22.7 Å². The molecule has 4 heterocycles. The van der Waals surface area contributed by atoms with Gasteiger partial charge in [0.25, 0.3) is 0 Å². The number of imide groups is 1. The summed E-state index contributed by atoms with van der Waals surface area (Å²) in [7, 11) is 0. The molecule has 5 atom stereocenters. The minimum Gasteiger partial charge on any atom is -0.459 e. The average Bonchev–Trinajstić information content (AvgIpc) is 3.42. The number of nitrogens with zero attached hydrogens (tertiary/aromatic N) is 2. The fraction of sp³-hybridized carbons (Fsp3) is 0.455. The van der Waals surface area contributed by atoms with E-state index in [4.69, 9.17) is 9.47 Å². The number of halogens is 3. The van der Waals surface area contributed by atoms with Crippen molar-refractivity contribution in [1.82, 2.24) is 4.98 Å². The first kappa shape index (κ1) is 22.0. The topological polar surface area (TPSA) is 85.8 Å². The highest BCUT2D eigenvalue weighted by Gasteiger charge is 2.76. The molecule has 0 saturated carbocycles. The molecule has 11 heteroatoms. The van der Waals surface area contributed by atoms with Gasteiger partial charge in [0.2, 0.25) is 11.8 Å². The highest BCUT2D eigenvalue weighted by Crippen LogP contribution is 2.62. The number of amides is 2. The molecular formula is C22H19F3N2O5S. The predicted molar refractivity (Wildman–Crippen MR) is 110 cm³/mol. The lowest BCUT2D eigenvalue weighted by Crippen LogP contribution is -2.50. The molecule has 5 rings (SSSR count). The first-order valence-electron chi connectivity index (χ1n) is 10.2. The van der Waals surface area contributed by atoms with Crippen LogP contribution in [0, 0.1) is 11.8 Å². The summed E-state index contributed by atoms with van der Waals surface area (Å²) in [4.78, 5) is 43.1. The van der Waals surface area contributed by atoms with Gasteiger partial charge in [-0.3, -0.25) is 14.4 Å². The van der Waals surface area contributed by atoms with Crippen LogP contribution in [0.2, 0.25) is 0 Å². The monoisotopic (exact) mass is 480 g/mol. The van der Waals surface area contributed by atoms with E-state index in [1.807, 2.05) is 0 Å². The largest absolute Gasteiger partial charge is 0.459 e. The lowest BCUT2D eigenvalue weighted by Gasteiger charge is -2.34. The summed E-state index contributed by atoms with van der Waals surface area (Å²) in [5, 5.41) is 1.75. The lowest BCUT2D eigenvalue weighted by molar-refractivity contribution is -0.159. The Balaban J connectivity index is 1.57. The Hall–Kier alpha value is -2.79. The number of aromatic nitrogens is 1. The zero-order valence-corrected chi connectivity index (χ0v) is 18.6. The second-order valence-corrected chi connectivity index (χ2v) is 9.83. The van der Waals surface area contributed by atoms with Crippen molar-refractivity contribution in [2.75, 3.05) is 4.90 Å². The number of anilines is 1. The minimum atomic E-state index is -4.72. The zero-order valence-electron chi connectivity index (χ0n) is 17.8. The van der Waals surface area contributed by atoms with Crippen LogP contribution in [0.15, 0.2) is 29.8 Å². The van der Waals surface area contributed by atoms with Gasteiger partial charge in [0, 0.05) is 30.5 Å². The molecule has 1 aromatic heterocycles. The first-order chi connectivity index (χ1) is 15.4. The second-order valence-electron chi connectivity index (χ2n) is 8.93. The van der Waals surface area contributed by atoms with Gasteiger partial charge < -0.3 is 9.47 Å². The summed E-state index contributed by atoms with van der Waals surface area (Å²) < 4.78 is 53.1. The number of benzene rings is 1. The van der Waals surface area contributed by atoms with E-state index in [1.54, 1.807) is 19.2 Å². The van der Waals surface area contributed by atoms with Crippen molar-refractivity contribution in [3.63, 3.8) is 0 Å². The number of carbonyl (C=O) groups excluding carboxylic acids is 3. The number of rotatable bonds is 3. The molecule has 2 bridgehead atoms. The molecule has 3 saturated heterocycles. The second kappa shape index (κ2) is 6.86. The van der Waals surface area contributed by atoms with Crippen LogP contribution >= 0.6 is 11.3 Å². The number of ether oxygens (including phenoxy) is 2. The number of esters is 1. The Bertz CT molecular complexity index is 1180. The zero-order chi connectivity index (χ0) is 23.9. The fourth-order valence-corrected chi connectivity index (χ4v) is 6.24. The van der Waals surface area contributed by atoms with Gasteiger partial charge in [0.05, 0.1) is 28.7 Å². The lowest BCUT2D eigenvalue weighted by atomic mass is 9.67. The molecule has 7 nitrogen and oxygen atoms in total. The normalized spacial score (nSPS) is 33.0. The maximum atomic E-state index is 13.9. The van der Waals surface area contributed by atoms with Crippen LogP contribution < -0.4 is 4.90 Å². The van der Waals surface area contributed by atoms with Crippen molar-refractivity contribution < 1.29 is 37.0 Å². The molecule has 4 unspecified atom stereocenters. The van der Waals surface area contributed by atoms with Crippen molar-refractivity contribution in [2.24, 2.45) is 11.8 Å². The van der Waals surface area contributed by atoms with E-state index in [2.05, 4.69) is 4.98 Å². The molecule has 2 aromatic rings. The Morgan fingerprint density at radius 1 is 1.24 bits per heavy atom. The molecule has 3 aliphatic heterocycles. The van der Waals surface area contributed by atoms with Crippen molar-refractivity contribution in [3.8, 4) is 10.6 Å². The van der Waals surface area contributed by atoms with E-state index in [0.29, 0.717) is 0 Å². The molecule has 0 radical (unpaired) electrons. The van der Waals surface area contributed by atoms with E-state index in [9.17, 15) is 27.6 Å². The Labute approximate surface area is 190 Å². The summed E-state index contributed by atoms with van der Waals surface area (Å²) in [5.41, 5.74) is -3.60. The summed E-state index contributed by atoms with van der Waals surface area (Å²) >= 11 is 1.06. The first-order valence-corrected chi connectivity index (χ1v) is 11.1. The maximum absolute atomic E-state index is 13.9. The summed E-state index contributed by atoms with van der Waals surface area (Å²) in [6, 6.07) is 3.35. The van der Waals surface area contributed by atoms with Gasteiger partial charge in [-0.05, 0) is 32.0 Å². The highest BCUT2D eigenvalue weighted by atomic mass is 32.1. The van der Waals surface area contributed by atoms with Crippen molar-refractivity contribution in [2.45, 2.75) is 50.7 Å². The summed E-state index contributed by atoms with van der Waals surface area (Å²) in [6.07, 6.45) is -3.84. The third-order valence-electron chi connectivity index (χ3n) is 6.80. The van der Waals surface area contributed by atoms with Crippen LogP contribution in [-0.2, 0) is 30.0 Å². The number of hydrogen-bond donors (Lipinski definition) is 0. The van der Waals surface area contributed by atoms with E-state index < -0.39 is 58.7 Å². The molecule has 1 aromatic carbocycles. The molecule has 33 heavy (non-hydrogen) atoms. The quantitative estimate of drug-likeness (QED) is 0.491. The van der Waals surface area contributed by atoms with Gasteiger partial charge in [-0.25, -0.2) is 9.88 Å². The van der Waals surface area contributed by atoms with Crippen LogP contribution in [0.4, 0.5) is 18.9 Å². The smallest absolute Gasteiger partial charge is 0.417 e. The predicted octanol–water partition coefficient (Wildman–Crippen LogP) is 3.82. The fourth-order valence-electron chi connectivity index (χ4n) is 5.56. The van der Waals surface area contributed by atoms with Crippen LogP contribution in [-0.4, -0.2) is 40.1 Å². The van der Waals surface area contributed by atoms with Crippen molar-refractivity contribution >= 4 is 34.8 Å². The van der Waals surface area contributed by atoms with E-state index in [0.717, 1.165) is 22.3 Å².